The summed E-state index contributed by atoms with van der Waals surface area (Å²) in [5.74, 6) is -6.69. The second kappa shape index (κ2) is 16.5. The molecule has 0 aliphatic heterocycles. The van der Waals surface area contributed by atoms with Crippen molar-refractivity contribution in [3.63, 3.8) is 0 Å². The third-order valence-electron chi connectivity index (χ3n) is 6.15. The van der Waals surface area contributed by atoms with E-state index in [0.29, 0.717) is 12.0 Å². The number of rotatable bonds is 18. The zero-order chi connectivity index (χ0) is 30.5. The van der Waals surface area contributed by atoms with Crippen LogP contribution in [-0.4, -0.2) is 94.2 Å². The van der Waals surface area contributed by atoms with Gasteiger partial charge in [0.05, 0.1) is 6.42 Å². The second-order valence-electron chi connectivity index (χ2n) is 9.86. The summed E-state index contributed by atoms with van der Waals surface area (Å²) in [6, 6.07) is 3.23. The summed E-state index contributed by atoms with van der Waals surface area (Å²) >= 11 is 3.91. The van der Waals surface area contributed by atoms with Crippen LogP contribution in [0.1, 0.15) is 45.1 Å². The highest BCUT2D eigenvalue weighted by Gasteiger charge is 2.31. The van der Waals surface area contributed by atoms with Gasteiger partial charge in [-0.1, -0.05) is 44.2 Å². The maximum absolute atomic E-state index is 13.1. The van der Waals surface area contributed by atoms with Crippen molar-refractivity contribution in [3.8, 4) is 0 Å². The molecule has 0 heterocycles. The summed E-state index contributed by atoms with van der Waals surface area (Å²) in [5.41, 5.74) is 0.119. The van der Waals surface area contributed by atoms with Crippen LogP contribution in [0.5, 0.6) is 0 Å². The van der Waals surface area contributed by atoms with Crippen molar-refractivity contribution >= 4 is 56.1 Å². The van der Waals surface area contributed by atoms with E-state index in [1.165, 1.54) is 0 Å². The molecule has 0 fully saturated rings. The molecular weight excluding hydrogens is 543 g/mol. The molecular formula is C25H37BN4O9S. The largest absolute Gasteiger partial charge is 0.481 e. The lowest BCUT2D eigenvalue weighted by Gasteiger charge is -2.29. The summed E-state index contributed by atoms with van der Waals surface area (Å²) < 4.78 is 0. The van der Waals surface area contributed by atoms with E-state index in [2.05, 4.69) is 33.9 Å². The van der Waals surface area contributed by atoms with Gasteiger partial charge in [0.2, 0.25) is 17.7 Å². The Morgan fingerprint density at radius 1 is 0.875 bits per heavy atom. The summed E-state index contributed by atoms with van der Waals surface area (Å²) in [6.45, 7) is 3.69. The van der Waals surface area contributed by atoms with Crippen LogP contribution in [0.15, 0.2) is 30.3 Å². The minimum Gasteiger partial charge on any atom is -0.481 e. The van der Waals surface area contributed by atoms with Crippen LogP contribution in [0.3, 0.4) is 0 Å². The third kappa shape index (κ3) is 12.5. The van der Waals surface area contributed by atoms with Crippen LogP contribution in [0, 0.1) is 0 Å². The van der Waals surface area contributed by atoms with Gasteiger partial charge in [0, 0.05) is 18.6 Å². The van der Waals surface area contributed by atoms with Crippen LogP contribution in [0.2, 0.25) is 0 Å². The number of carboxylic acids is 3. The number of amides is 3. The molecule has 40 heavy (non-hydrogen) atoms. The van der Waals surface area contributed by atoms with Gasteiger partial charge in [-0.3, -0.25) is 24.0 Å². The molecule has 0 aliphatic rings. The van der Waals surface area contributed by atoms with Gasteiger partial charge in [-0.15, -0.1) is 0 Å². The molecule has 0 bridgehead atoms. The molecule has 7 N–H and O–H groups in total. The fraction of sp³-hybridized carbons (Fsp3) is 0.520. The number of aliphatic carboxylic acids is 3. The fourth-order valence-electron chi connectivity index (χ4n) is 3.55. The Hall–Kier alpha value is -3.59. The first kappa shape index (κ1) is 34.4. The predicted molar refractivity (Wildman–Crippen MR) is 151 cm³/mol. The molecule has 13 nitrogen and oxygen atoms in total. The average Bonchev–Trinajstić information content (AvgIpc) is 2.88. The van der Waals surface area contributed by atoms with Crippen molar-refractivity contribution in [2.45, 2.75) is 75.6 Å². The minimum atomic E-state index is -1.58. The zero-order valence-electron chi connectivity index (χ0n) is 22.7. The molecule has 0 spiro atoms. The number of carbonyl (C=O) groups is 6. The van der Waals surface area contributed by atoms with Crippen LogP contribution in [0.4, 0.5) is 0 Å². The lowest BCUT2D eigenvalue weighted by molar-refractivity contribution is -0.142. The van der Waals surface area contributed by atoms with Crippen LogP contribution in [0.25, 0.3) is 0 Å². The molecule has 5 unspecified atom stereocenters. The summed E-state index contributed by atoms with van der Waals surface area (Å²) in [4.78, 5) is 73.0. The Kier molecular flexibility index (Phi) is 14.2. The second-order valence-corrected chi connectivity index (χ2v) is 10.2. The number of thiol groups is 1. The number of hydrogen-bond acceptors (Lipinski definition) is 8. The van der Waals surface area contributed by atoms with Gasteiger partial charge in [0.1, 0.15) is 32.0 Å². The first-order valence-corrected chi connectivity index (χ1v) is 13.3. The maximum atomic E-state index is 13.1. The molecule has 1 aromatic rings. The number of carbonyl (C=O) groups excluding carboxylic acids is 3. The normalized spacial score (nSPS) is 15.4. The lowest BCUT2D eigenvalue weighted by Crippen LogP contribution is -2.57. The van der Waals surface area contributed by atoms with E-state index in [0.717, 1.165) is 0 Å². The molecule has 0 saturated carbocycles. The van der Waals surface area contributed by atoms with Crippen molar-refractivity contribution < 1.29 is 44.1 Å². The average molecular weight is 580 g/mol. The van der Waals surface area contributed by atoms with E-state index in [-0.39, 0.29) is 25.0 Å². The quantitative estimate of drug-likeness (QED) is 0.0764. The van der Waals surface area contributed by atoms with Crippen molar-refractivity contribution in [1.29, 1.82) is 0 Å². The third-order valence-corrected chi connectivity index (χ3v) is 6.52. The zero-order valence-corrected chi connectivity index (χ0v) is 23.6. The van der Waals surface area contributed by atoms with Crippen LogP contribution < -0.4 is 21.3 Å². The van der Waals surface area contributed by atoms with Gasteiger partial charge in [0.15, 0.2) is 0 Å². The van der Waals surface area contributed by atoms with E-state index in [1.807, 2.05) is 21.7 Å². The Morgan fingerprint density at radius 2 is 1.43 bits per heavy atom. The summed E-state index contributed by atoms with van der Waals surface area (Å²) in [5, 5.41) is 38.0. The fourth-order valence-corrected chi connectivity index (χ4v) is 3.79. The van der Waals surface area contributed by atoms with Gasteiger partial charge in [0.25, 0.3) is 0 Å². The topological polar surface area (TPSA) is 211 Å². The molecule has 1 rings (SSSR count). The minimum absolute atomic E-state index is 0.0514. The highest BCUT2D eigenvalue weighted by atomic mass is 32.1. The maximum Gasteiger partial charge on any atom is 0.327 e. The lowest BCUT2D eigenvalue weighted by atomic mass is 9.76. The highest BCUT2D eigenvalue weighted by molar-refractivity contribution is 7.80. The SMILES string of the molecule is BC(C)(CC)NC(CCC(=O)NC(CC(=O)O)C(=O)NC(Cc1ccccc1)C(=O)NC(CS)C(=O)O)C(=O)O. The van der Waals surface area contributed by atoms with Gasteiger partial charge in [-0.2, -0.15) is 12.6 Å². The summed E-state index contributed by atoms with van der Waals surface area (Å²) in [6.07, 6.45) is -0.670. The van der Waals surface area contributed by atoms with Crippen LogP contribution in [-0.2, 0) is 35.2 Å². The molecule has 0 aromatic heterocycles. The predicted octanol–water partition coefficient (Wildman–Crippen LogP) is -1.25. The van der Waals surface area contributed by atoms with Crippen molar-refractivity contribution in [1.82, 2.24) is 21.3 Å². The van der Waals surface area contributed by atoms with Gasteiger partial charge >= 0.3 is 17.9 Å². The molecule has 0 radical (unpaired) electrons. The molecule has 15 heteroatoms. The Balaban J connectivity index is 3.03. The Labute approximate surface area is 238 Å². The van der Waals surface area contributed by atoms with Crippen molar-refractivity contribution in [2.24, 2.45) is 0 Å². The molecule has 5 atom stereocenters. The number of hydrogen-bond donors (Lipinski definition) is 8. The molecule has 1 aromatic carbocycles. The van der Waals surface area contributed by atoms with E-state index in [4.69, 9.17) is 0 Å². The Bertz CT molecular complexity index is 1060. The van der Waals surface area contributed by atoms with E-state index >= 15 is 0 Å². The van der Waals surface area contributed by atoms with Crippen LogP contribution >= 0.6 is 12.6 Å². The summed E-state index contributed by atoms with van der Waals surface area (Å²) in [7, 11) is 1.81. The molecule has 3 amide bonds. The van der Waals surface area contributed by atoms with Gasteiger partial charge < -0.3 is 36.6 Å². The standard InChI is InChI=1S/C25H37BN4O9S/c1-3-25(2,26)30-15(23(36)37)9-10-19(31)27-17(12-20(32)33)22(35)28-16(11-14-7-5-4-6-8-14)21(34)29-18(13-40)24(38)39/h4-8,15-18,30,40H,3,9-13,26H2,1-2H3,(H,27,31)(H,28,35)(H,29,34)(H,32,33)(H,36,37)(H,38,39). The highest BCUT2D eigenvalue weighted by Crippen LogP contribution is 2.09. The number of benzene rings is 1. The first-order chi connectivity index (χ1) is 18.7. The number of carboxylic acid groups (broad SMARTS) is 3. The monoisotopic (exact) mass is 580 g/mol. The smallest absolute Gasteiger partial charge is 0.327 e. The van der Waals surface area contributed by atoms with Crippen molar-refractivity contribution in [3.05, 3.63) is 35.9 Å². The molecule has 0 saturated heterocycles. The van der Waals surface area contributed by atoms with E-state index < -0.39 is 71.7 Å². The first-order valence-electron chi connectivity index (χ1n) is 12.7. The van der Waals surface area contributed by atoms with Gasteiger partial charge in [-0.25, -0.2) is 4.79 Å². The molecule has 0 aliphatic carbocycles. The van der Waals surface area contributed by atoms with Crippen molar-refractivity contribution in [2.75, 3.05) is 5.75 Å². The number of nitrogens with one attached hydrogen (secondary N) is 4. The Morgan fingerprint density at radius 3 is 1.93 bits per heavy atom. The van der Waals surface area contributed by atoms with E-state index in [9.17, 15) is 44.1 Å². The van der Waals surface area contributed by atoms with Gasteiger partial charge in [-0.05, 0) is 23.8 Å². The van der Waals surface area contributed by atoms with E-state index in [1.54, 1.807) is 30.3 Å². The molecule has 220 valence electrons.